The summed E-state index contributed by atoms with van der Waals surface area (Å²) in [6, 6.07) is 7.53. The Morgan fingerprint density at radius 3 is 3.05 bits per heavy atom. The highest BCUT2D eigenvalue weighted by molar-refractivity contribution is 5.98. The van der Waals surface area contributed by atoms with E-state index in [2.05, 4.69) is 10.3 Å². The van der Waals surface area contributed by atoms with E-state index in [4.69, 9.17) is 9.47 Å². The molecule has 0 unspecified atom stereocenters. The van der Waals surface area contributed by atoms with Crippen LogP contribution in [0.1, 0.15) is 28.9 Å². The molecule has 1 aliphatic heterocycles. The number of hydrogen-bond donors (Lipinski definition) is 1. The van der Waals surface area contributed by atoms with Crippen LogP contribution in [0.2, 0.25) is 0 Å². The Morgan fingerprint density at radius 1 is 1.45 bits per heavy atom. The van der Waals surface area contributed by atoms with Gasteiger partial charge in [-0.05, 0) is 38.0 Å². The molecular formula is C17H20N2O3. The third kappa shape index (κ3) is 3.04. The Morgan fingerprint density at radius 2 is 2.32 bits per heavy atom. The van der Waals surface area contributed by atoms with Crippen LogP contribution in [0.3, 0.4) is 0 Å². The number of fused-ring (bicyclic) bond motifs is 1. The van der Waals surface area contributed by atoms with Crippen molar-refractivity contribution in [2.45, 2.75) is 25.9 Å². The van der Waals surface area contributed by atoms with Crippen LogP contribution in [-0.4, -0.2) is 37.3 Å². The first-order valence-electron chi connectivity index (χ1n) is 7.52. The van der Waals surface area contributed by atoms with Crippen molar-refractivity contribution in [1.29, 1.82) is 0 Å². The zero-order chi connectivity index (χ0) is 15.5. The maximum absolute atomic E-state index is 12.4. The van der Waals surface area contributed by atoms with Gasteiger partial charge in [-0.25, -0.2) is 0 Å². The summed E-state index contributed by atoms with van der Waals surface area (Å²) in [6.45, 7) is 3.19. The number of pyridine rings is 1. The molecule has 5 nitrogen and oxygen atoms in total. The topological polar surface area (TPSA) is 60.5 Å². The summed E-state index contributed by atoms with van der Waals surface area (Å²) in [6.07, 6.45) is 2.22. The number of ether oxygens (including phenoxy) is 2. The predicted molar refractivity (Wildman–Crippen MR) is 84.3 cm³/mol. The minimum atomic E-state index is -0.0989. The third-order valence-electron chi connectivity index (χ3n) is 3.97. The smallest absolute Gasteiger partial charge is 0.253 e. The second kappa shape index (κ2) is 6.32. The van der Waals surface area contributed by atoms with Gasteiger partial charge >= 0.3 is 0 Å². The summed E-state index contributed by atoms with van der Waals surface area (Å²) in [5.41, 5.74) is 2.15. The van der Waals surface area contributed by atoms with Crippen LogP contribution in [0.5, 0.6) is 5.75 Å². The summed E-state index contributed by atoms with van der Waals surface area (Å²) in [4.78, 5) is 16.9. The van der Waals surface area contributed by atoms with Gasteiger partial charge in [0.25, 0.3) is 5.91 Å². The van der Waals surface area contributed by atoms with E-state index in [9.17, 15) is 4.79 Å². The summed E-state index contributed by atoms with van der Waals surface area (Å²) in [5, 5.41) is 3.87. The Labute approximate surface area is 129 Å². The van der Waals surface area contributed by atoms with E-state index in [0.717, 1.165) is 36.1 Å². The molecular weight excluding hydrogens is 280 g/mol. The van der Waals surface area contributed by atoms with E-state index >= 15 is 0 Å². The van der Waals surface area contributed by atoms with Crippen LogP contribution in [0.4, 0.5) is 0 Å². The number of amides is 1. The Bertz CT molecular complexity index is 694. The standard InChI is InChI=1S/C17H20N2O3/c1-11-15(17(20)18-10-14-4-3-7-22-14)8-12-5-6-13(21-2)9-16(12)19-11/h5-6,8-9,14H,3-4,7,10H2,1-2H3,(H,18,20)/t14-/m0/s1. The van der Waals surface area contributed by atoms with Gasteiger partial charge in [-0.1, -0.05) is 0 Å². The van der Waals surface area contributed by atoms with Gasteiger partial charge in [0, 0.05) is 24.6 Å². The van der Waals surface area contributed by atoms with Gasteiger partial charge in [-0.15, -0.1) is 0 Å². The molecule has 1 saturated heterocycles. The van der Waals surface area contributed by atoms with Crippen molar-refractivity contribution in [3.05, 3.63) is 35.5 Å². The quantitative estimate of drug-likeness (QED) is 0.942. The Balaban J connectivity index is 1.80. The minimum absolute atomic E-state index is 0.0989. The second-order valence-corrected chi connectivity index (χ2v) is 5.53. The molecule has 0 bridgehead atoms. The maximum Gasteiger partial charge on any atom is 0.253 e. The number of nitrogens with zero attached hydrogens (tertiary/aromatic N) is 1. The molecule has 0 radical (unpaired) electrons. The zero-order valence-electron chi connectivity index (χ0n) is 12.9. The lowest BCUT2D eigenvalue weighted by atomic mass is 10.1. The Kier molecular flexibility index (Phi) is 4.24. The lowest BCUT2D eigenvalue weighted by Gasteiger charge is -2.12. The average molecular weight is 300 g/mol. The van der Waals surface area contributed by atoms with Gasteiger partial charge < -0.3 is 14.8 Å². The first-order chi connectivity index (χ1) is 10.7. The first-order valence-corrected chi connectivity index (χ1v) is 7.52. The summed E-state index contributed by atoms with van der Waals surface area (Å²) in [7, 11) is 1.63. The summed E-state index contributed by atoms with van der Waals surface area (Å²) < 4.78 is 10.7. The number of benzene rings is 1. The number of methoxy groups -OCH3 is 1. The molecule has 0 saturated carbocycles. The molecule has 2 aromatic rings. The highest BCUT2D eigenvalue weighted by Crippen LogP contribution is 2.21. The van der Waals surface area contributed by atoms with E-state index < -0.39 is 0 Å². The summed E-state index contributed by atoms with van der Waals surface area (Å²) in [5.74, 6) is 0.660. The largest absolute Gasteiger partial charge is 0.497 e. The molecule has 3 rings (SSSR count). The maximum atomic E-state index is 12.4. The number of rotatable bonds is 4. The van der Waals surface area contributed by atoms with E-state index in [0.29, 0.717) is 17.8 Å². The molecule has 0 aliphatic carbocycles. The van der Waals surface area contributed by atoms with Crippen molar-refractivity contribution in [1.82, 2.24) is 10.3 Å². The highest BCUT2D eigenvalue weighted by Gasteiger charge is 2.18. The monoisotopic (exact) mass is 300 g/mol. The van der Waals surface area contributed by atoms with Gasteiger partial charge in [0.2, 0.25) is 0 Å². The molecule has 2 heterocycles. The van der Waals surface area contributed by atoms with Crippen LogP contribution >= 0.6 is 0 Å². The molecule has 1 aromatic heterocycles. The van der Waals surface area contributed by atoms with Crippen LogP contribution in [-0.2, 0) is 4.74 Å². The van der Waals surface area contributed by atoms with Crippen molar-refractivity contribution < 1.29 is 14.3 Å². The zero-order valence-corrected chi connectivity index (χ0v) is 12.9. The van der Waals surface area contributed by atoms with Gasteiger partial charge in [-0.2, -0.15) is 0 Å². The van der Waals surface area contributed by atoms with E-state index in [1.54, 1.807) is 7.11 Å². The number of aromatic nitrogens is 1. The van der Waals surface area contributed by atoms with Crippen LogP contribution in [0.15, 0.2) is 24.3 Å². The average Bonchev–Trinajstić information content (AvgIpc) is 3.04. The fourth-order valence-electron chi connectivity index (χ4n) is 2.71. The molecule has 1 aliphatic rings. The van der Waals surface area contributed by atoms with Crippen molar-refractivity contribution >= 4 is 16.8 Å². The van der Waals surface area contributed by atoms with E-state index in [-0.39, 0.29) is 12.0 Å². The SMILES string of the molecule is COc1ccc2cc(C(=O)NC[C@@H]3CCCO3)c(C)nc2c1. The third-order valence-corrected chi connectivity index (χ3v) is 3.97. The van der Waals surface area contributed by atoms with Gasteiger partial charge in [0.1, 0.15) is 5.75 Å². The lowest BCUT2D eigenvalue weighted by molar-refractivity contribution is 0.0857. The van der Waals surface area contributed by atoms with Crippen molar-refractivity contribution in [2.24, 2.45) is 0 Å². The molecule has 5 heteroatoms. The van der Waals surface area contributed by atoms with Crippen LogP contribution in [0, 0.1) is 6.92 Å². The van der Waals surface area contributed by atoms with Crippen molar-refractivity contribution in [3.8, 4) is 5.75 Å². The Hall–Kier alpha value is -2.14. The molecule has 116 valence electrons. The fourth-order valence-corrected chi connectivity index (χ4v) is 2.71. The van der Waals surface area contributed by atoms with Crippen molar-refractivity contribution in [2.75, 3.05) is 20.3 Å². The minimum Gasteiger partial charge on any atom is -0.497 e. The molecule has 1 amide bonds. The van der Waals surface area contributed by atoms with Crippen molar-refractivity contribution in [3.63, 3.8) is 0 Å². The molecule has 1 fully saturated rings. The predicted octanol–water partition coefficient (Wildman–Crippen LogP) is 2.46. The van der Waals surface area contributed by atoms with Crippen LogP contribution < -0.4 is 10.1 Å². The molecule has 1 aromatic carbocycles. The van der Waals surface area contributed by atoms with Gasteiger partial charge in [0.15, 0.2) is 0 Å². The number of aryl methyl sites for hydroxylation is 1. The van der Waals surface area contributed by atoms with Crippen LogP contribution in [0.25, 0.3) is 10.9 Å². The fraction of sp³-hybridized carbons (Fsp3) is 0.412. The van der Waals surface area contributed by atoms with Gasteiger partial charge in [-0.3, -0.25) is 9.78 Å². The van der Waals surface area contributed by atoms with E-state index in [1.165, 1.54) is 0 Å². The lowest BCUT2D eigenvalue weighted by Crippen LogP contribution is -2.32. The second-order valence-electron chi connectivity index (χ2n) is 5.53. The molecule has 22 heavy (non-hydrogen) atoms. The number of nitrogens with one attached hydrogen (secondary N) is 1. The highest BCUT2D eigenvalue weighted by atomic mass is 16.5. The number of hydrogen-bond acceptors (Lipinski definition) is 4. The number of carbonyl (C=O) groups is 1. The molecule has 1 N–H and O–H groups in total. The molecule has 0 spiro atoms. The first kappa shape index (κ1) is 14.8. The van der Waals surface area contributed by atoms with E-state index in [1.807, 2.05) is 31.2 Å². The van der Waals surface area contributed by atoms with Gasteiger partial charge in [0.05, 0.1) is 30.0 Å². The molecule has 1 atom stereocenters. The normalized spacial score (nSPS) is 17.6. The summed E-state index contributed by atoms with van der Waals surface area (Å²) >= 11 is 0. The number of carbonyl (C=O) groups excluding carboxylic acids is 1.